The number of nitrogens with zero attached hydrogens (tertiary/aromatic N) is 2. The molecule has 6 heteroatoms. The van der Waals surface area contributed by atoms with Gasteiger partial charge in [0.25, 0.3) is 0 Å². The van der Waals surface area contributed by atoms with E-state index in [9.17, 15) is 9.32 Å². The van der Waals surface area contributed by atoms with Crippen LogP contribution in [-0.4, -0.2) is 26.6 Å². The first kappa shape index (κ1) is 15.6. The minimum absolute atomic E-state index is 0.0366. The van der Waals surface area contributed by atoms with Crippen molar-refractivity contribution in [3.63, 3.8) is 0 Å². The summed E-state index contributed by atoms with van der Waals surface area (Å²) in [6, 6.07) is 10.6. The maximum Gasteiger partial charge on any atom is 0.233 e. The summed E-state index contributed by atoms with van der Waals surface area (Å²) in [4.78, 5) is 0.620. The fraction of sp³-hybridized carbons (Fsp3) is 0.333. The number of aliphatic hydroxyl groups excluding tert-OH is 1. The Kier molecular flexibility index (Phi) is 5.03. The number of aliphatic hydroxyl groups is 1. The standard InChI is InChI=1S/C15H18N2O3S/c1-10(2)14(18)12-9-13(20-3)16-17-15(12)21(19)11-7-5-4-6-8-11/h4-10,14,18H,1-3H3. The summed E-state index contributed by atoms with van der Waals surface area (Å²) in [6.45, 7) is 3.76. The van der Waals surface area contributed by atoms with E-state index in [-0.39, 0.29) is 10.9 Å². The molecule has 2 atom stereocenters. The van der Waals surface area contributed by atoms with Crippen molar-refractivity contribution in [3.8, 4) is 5.88 Å². The lowest BCUT2D eigenvalue weighted by Gasteiger charge is -2.17. The lowest BCUT2D eigenvalue weighted by Crippen LogP contribution is -2.12. The average Bonchev–Trinajstić information content (AvgIpc) is 2.53. The second-order valence-electron chi connectivity index (χ2n) is 4.92. The fourth-order valence-corrected chi connectivity index (χ4v) is 2.98. The molecule has 0 fully saturated rings. The summed E-state index contributed by atoms with van der Waals surface area (Å²) in [5, 5.41) is 18.5. The van der Waals surface area contributed by atoms with Crippen LogP contribution in [0.2, 0.25) is 0 Å². The number of ether oxygens (including phenoxy) is 1. The first-order valence-electron chi connectivity index (χ1n) is 6.61. The third-order valence-electron chi connectivity index (χ3n) is 3.06. The maximum absolute atomic E-state index is 12.7. The molecule has 0 saturated carbocycles. The van der Waals surface area contributed by atoms with Crippen molar-refractivity contribution in [1.29, 1.82) is 0 Å². The van der Waals surface area contributed by atoms with E-state index in [0.717, 1.165) is 0 Å². The Morgan fingerprint density at radius 3 is 2.43 bits per heavy atom. The van der Waals surface area contributed by atoms with E-state index in [1.807, 2.05) is 32.0 Å². The molecule has 1 aromatic carbocycles. The minimum Gasteiger partial charge on any atom is -0.480 e. The smallest absolute Gasteiger partial charge is 0.233 e. The Labute approximate surface area is 126 Å². The Hall–Kier alpha value is -1.79. The van der Waals surface area contributed by atoms with Gasteiger partial charge in [0.2, 0.25) is 5.88 Å². The molecular weight excluding hydrogens is 288 g/mol. The molecule has 112 valence electrons. The highest BCUT2D eigenvalue weighted by atomic mass is 32.2. The van der Waals surface area contributed by atoms with Gasteiger partial charge in [0.1, 0.15) is 10.8 Å². The van der Waals surface area contributed by atoms with Crippen LogP contribution in [0, 0.1) is 5.92 Å². The van der Waals surface area contributed by atoms with Crippen LogP contribution in [-0.2, 0) is 10.8 Å². The van der Waals surface area contributed by atoms with E-state index in [0.29, 0.717) is 16.3 Å². The number of hydrogen-bond donors (Lipinski definition) is 1. The maximum atomic E-state index is 12.7. The van der Waals surface area contributed by atoms with Gasteiger partial charge in [-0.1, -0.05) is 32.0 Å². The molecule has 2 rings (SSSR count). The Morgan fingerprint density at radius 2 is 1.86 bits per heavy atom. The lowest BCUT2D eigenvalue weighted by molar-refractivity contribution is 0.122. The summed E-state index contributed by atoms with van der Waals surface area (Å²) in [5.74, 6) is 0.254. The normalized spacial score (nSPS) is 14.0. The largest absolute Gasteiger partial charge is 0.480 e. The highest BCUT2D eigenvalue weighted by Gasteiger charge is 2.23. The predicted octanol–water partition coefficient (Wildman–Crippen LogP) is 2.34. The van der Waals surface area contributed by atoms with Gasteiger partial charge in [0.05, 0.1) is 13.2 Å². The summed E-state index contributed by atoms with van der Waals surface area (Å²) >= 11 is 0. The van der Waals surface area contributed by atoms with E-state index in [1.165, 1.54) is 7.11 Å². The van der Waals surface area contributed by atoms with Gasteiger partial charge < -0.3 is 9.84 Å². The summed E-state index contributed by atoms with van der Waals surface area (Å²) in [5.41, 5.74) is 0.485. The quantitative estimate of drug-likeness (QED) is 0.918. The average molecular weight is 306 g/mol. The van der Waals surface area contributed by atoms with Gasteiger partial charge in [-0.3, -0.25) is 0 Å². The van der Waals surface area contributed by atoms with Crippen molar-refractivity contribution < 1.29 is 14.1 Å². The van der Waals surface area contributed by atoms with Crippen molar-refractivity contribution in [2.75, 3.05) is 7.11 Å². The molecule has 0 saturated heterocycles. The van der Waals surface area contributed by atoms with E-state index >= 15 is 0 Å². The molecule has 1 heterocycles. The molecule has 0 aliphatic rings. The van der Waals surface area contributed by atoms with Crippen molar-refractivity contribution in [3.05, 3.63) is 42.0 Å². The van der Waals surface area contributed by atoms with Crippen LogP contribution in [0.4, 0.5) is 0 Å². The minimum atomic E-state index is -1.49. The van der Waals surface area contributed by atoms with Crippen molar-refractivity contribution >= 4 is 10.8 Å². The Balaban J connectivity index is 2.50. The summed E-state index contributed by atoms with van der Waals surface area (Å²) in [7, 11) is -0.0193. The molecular formula is C15H18N2O3S. The molecule has 0 aliphatic carbocycles. The first-order valence-corrected chi connectivity index (χ1v) is 7.76. The molecule has 2 aromatic rings. The van der Waals surface area contributed by atoms with E-state index in [4.69, 9.17) is 4.74 Å². The van der Waals surface area contributed by atoms with Crippen molar-refractivity contribution in [1.82, 2.24) is 10.2 Å². The third-order valence-corrected chi connectivity index (χ3v) is 4.43. The second kappa shape index (κ2) is 6.78. The number of rotatable bonds is 5. The highest BCUT2D eigenvalue weighted by Crippen LogP contribution is 2.29. The molecule has 1 N–H and O–H groups in total. The lowest BCUT2D eigenvalue weighted by atomic mass is 10.0. The van der Waals surface area contributed by atoms with Gasteiger partial charge in [-0.05, 0) is 18.1 Å². The topological polar surface area (TPSA) is 72.3 Å². The molecule has 2 unspecified atom stereocenters. The number of benzene rings is 1. The van der Waals surface area contributed by atoms with Crippen LogP contribution < -0.4 is 4.74 Å². The van der Waals surface area contributed by atoms with E-state index in [1.54, 1.807) is 18.2 Å². The van der Waals surface area contributed by atoms with Crippen LogP contribution in [0.1, 0.15) is 25.5 Å². The molecule has 0 aliphatic heterocycles. The van der Waals surface area contributed by atoms with Gasteiger partial charge in [-0.2, -0.15) is 0 Å². The van der Waals surface area contributed by atoms with Crippen LogP contribution >= 0.6 is 0 Å². The summed E-state index contributed by atoms with van der Waals surface area (Å²) in [6.07, 6.45) is -0.780. The van der Waals surface area contributed by atoms with Gasteiger partial charge in [0.15, 0.2) is 5.03 Å². The van der Waals surface area contributed by atoms with Crippen LogP contribution in [0.15, 0.2) is 46.3 Å². The monoisotopic (exact) mass is 306 g/mol. The van der Waals surface area contributed by atoms with Crippen molar-refractivity contribution in [2.24, 2.45) is 5.92 Å². The Morgan fingerprint density at radius 1 is 1.19 bits per heavy atom. The SMILES string of the molecule is COc1cc(C(O)C(C)C)c(S(=O)c2ccccc2)nn1. The zero-order valence-electron chi connectivity index (χ0n) is 12.2. The molecule has 0 bridgehead atoms. The number of methoxy groups -OCH3 is 1. The fourth-order valence-electron chi connectivity index (χ4n) is 1.85. The molecule has 0 spiro atoms. The third kappa shape index (κ3) is 3.46. The zero-order valence-corrected chi connectivity index (χ0v) is 13.0. The molecule has 1 aromatic heterocycles. The molecule has 0 radical (unpaired) electrons. The van der Waals surface area contributed by atoms with Gasteiger partial charge in [0, 0.05) is 16.5 Å². The second-order valence-corrected chi connectivity index (χ2v) is 6.31. The van der Waals surface area contributed by atoms with E-state index < -0.39 is 16.9 Å². The molecule has 0 amide bonds. The predicted molar refractivity (Wildman–Crippen MR) is 79.5 cm³/mol. The zero-order chi connectivity index (χ0) is 15.4. The Bertz CT molecular complexity index is 632. The molecule has 5 nitrogen and oxygen atoms in total. The molecule has 21 heavy (non-hydrogen) atoms. The number of aromatic nitrogens is 2. The van der Waals surface area contributed by atoms with Crippen LogP contribution in [0.25, 0.3) is 0 Å². The van der Waals surface area contributed by atoms with Crippen molar-refractivity contribution in [2.45, 2.75) is 29.9 Å². The van der Waals surface area contributed by atoms with E-state index in [2.05, 4.69) is 10.2 Å². The van der Waals surface area contributed by atoms with Gasteiger partial charge >= 0.3 is 0 Å². The summed E-state index contributed by atoms with van der Waals surface area (Å²) < 4.78 is 17.7. The number of hydrogen-bond acceptors (Lipinski definition) is 5. The van der Waals surface area contributed by atoms with Gasteiger partial charge in [-0.25, -0.2) is 4.21 Å². The van der Waals surface area contributed by atoms with Crippen LogP contribution in [0.3, 0.4) is 0 Å². The first-order chi connectivity index (χ1) is 10.0. The highest BCUT2D eigenvalue weighted by molar-refractivity contribution is 7.85. The van der Waals surface area contributed by atoms with Gasteiger partial charge in [-0.15, -0.1) is 10.2 Å². The van der Waals surface area contributed by atoms with Crippen LogP contribution in [0.5, 0.6) is 5.88 Å².